The summed E-state index contributed by atoms with van der Waals surface area (Å²) in [5.41, 5.74) is 16.1. The van der Waals surface area contributed by atoms with Gasteiger partial charge in [-0.2, -0.15) is 0 Å². The van der Waals surface area contributed by atoms with E-state index in [1.165, 1.54) is 55.8 Å². The van der Waals surface area contributed by atoms with Gasteiger partial charge in [-0.1, -0.05) is 99.6 Å². The van der Waals surface area contributed by atoms with Gasteiger partial charge in [-0.05, 0) is 51.4 Å². The van der Waals surface area contributed by atoms with Crippen LogP contribution in [0.15, 0.2) is 102 Å². The lowest BCUT2D eigenvalue weighted by molar-refractivity contribution is -0.660. The minimum atomic E-state index is -0.195. The highest BCUT2D eigenvalue weighted by atomic mass is 16.3. The van der Waals surface area contributed by atoms with E-state index in [9.17, 15) is 0 Å². The van der Waals surface area contributed by atoms with Crippen LogP contribution in [0.25, 0.3) is 33.5 Å². The minimum absolute atomic E-state index is 0.116. The second-order valence-corrected chi connectivity index (χ2v) is 12.7. The number of pyridine rings is 1. The molecule has 200 valence electrons. The first-order valence-corrected chi connectivity index (χ1v) is 14.5. The van der Waals surface area contributed by atoms with Gasteiger partial charge in [-0.25, -0.2) is 9.55 Å². The van der Waals surface area contributed by atoms with E-state index in [0.717, 1.165) is 22.6 Å². The highest BCUT2D eigenvalue weighted by Crippen LogP contribution is 2.60. The first kappa shape index (κ1) is 24.3. The molecule has 3 aliphatic carbocycles. The van der Waals surface area contributed by atoms with E-state index in [1.807, 2.05) is 0 Å². The molecule has 3 nitrogen and oxygen atoms in total. The Balaban J connectivity index is 1.53. The maximum absolute atomic E-state index is 6.71. The highest BCUT2D eigenvalue weighted by molar-refractivity contribution is 5.95. The van der Waals surface area contributed by atoms with Gasteiger partial charge in [0.25, 0.3) is 0 Å². The van der Waals surface area contributed by atoms with Gasteiger partial charge in [-0.15, -0.1) is 0 Å². The highest BCUT2D eigenvalue weighted by Gasteiger charge is 2.46. The first-order valence-electron chi connectivity index (χ1n) is 14.5. The summed E-state index contributed by atoms with van der Waals surface area (Å²) in [6, 6.07) is 33.3. The Bertz CT molecular complexity index is 1960. The van der Waals surface area contributed by atoms with E-state index in [2.05, 4.69) is 137 Å². The number of nitrogens with zero attached hydrogens (tertiary/aromatic N) is 2. The van der Waals surface area contributed by atoms with Crippen LogP contribution in [-0.4, -0.2) is 4.98 Å². The summed E-state index contributed by atoms with van der Waals surface area (Å²) in [4.78, 5) is 5.27. The number of oxazole rings is 1. The normalized spacial score (nSPS) is 16.9. The minimum Gasteiger partial charge on any atom is -0.440 e. The molecule has 0 spiro atoms. The molecule has 0 radical (unpaired) electrons. The SMILES string of the molecule is Cc1c(-c2cc(-c3ccccc3)cc[n+]2C)c2c(c3nc(C(C)(C)C)oc13)C1c3ccccc3C2c2ccccc21. The molecule has 0 amide bonds. The van der Waals surface area contributed by atoms with Gasteiger partial charge in [0, 0.05) is 34.9 Å². The van der Waals surface area contributed by atoms with Crippen molar-refractivity contribution in [3.63, 3.8) is 0 Å². The number of aryl methyl sites for hydroxylation is 2. The maximum Gasteiger partial charge on any atom is 0.213 e. The molecule has 0 saturated heterocycles. The van der Waals surface area contributed by atoms with Crippen LogP contribution in [0, 0.1) is 6.92 Å². The fourth-order valence-corrected chi connectivity index (χ4v) is 7.24. The van der Waals surface area contributed by atoms with Crippen LogP contribution >= 0.6 is 0 Å². The van der Waals surface area contributed by atoms with Crippen molar-refractivity contribution in [1.82, 2.24) is 4.98 Å². The van der Waals surface area contributed by atoms with E-state index >= 15 is 0 Å². The van der Waals surface area contributed by atoms with Crippen LogP contribution in [0.1, 0.15) is 77.4 Å². The Labute approximate surface area is 241 Å². The summed E-state index contributed by atoms with van der Waals surface area (Å²) >= 11 is 0. The van der Waals surface area contributed by atoms with E-state index in [0.29, 0.717) is 0 Å². The standard InChI is InChI=1S/C38H33N2O/c1-22-30(29-21-24(19-20-40(29)5)23-13-7-6-8-14-23)33-31-25-15-9-11-17-27(25)32(28-18-12-10-16-26(28)31)34(33)35-36(22)41-37(39-35)38(2,3)4/h6-21,31-32H,1-5H3/q+1. The number of hydrogen-bond donors (Lipinski definition) is 0. The van der Waals surface area contributed by atoms with Crippen molar-refractivity contribution in [1.29, 1.82) is 0 Å². The number of hydrogen-bond acceptors (Lipinski definition) is 2. The second-order valence-electron chi connectivity index (χ2n) is 12.7. The van der Waals surface area contributed by atoms with Crippen molar-refractivity contribution in [2.45, 2.75) is 44.9 Å². The van der Waals surface area contributed by atoms with E-state index in [1.54, 1.807) is 0 Å². The zero-order valence-electron chi connectivity index (χ0n) is 24.2. The molecule has 2 bridgehead atoms. The van der Waals surface area contributed by atoms with Crippen molar-refractivity contribution < 1.29 is 8.98 Å². The van der Waals surface area contributed by atoms with E-state index < -0.39 is 0 Å². The molecule has 4 aromatic carbocycles. The molecule has 0 aliphatic heterocycles. The smallest absolute Gasteiger partial charge is 0.213 e. The summed E-state index contributed by atoms with van der Waals surface area (Å²) in [5.74, 6) is 1.04. The lowest BCUT2D eigenvalue weighted by Gasteiger charge is -2.43. The molecule has 6 aromatic rings. The molecule has 3 heteroatoms. The van der Waals surface area contributed by atoms with Crippen molar-refractivity contribution in [3.05, 3.63) is 142 Å². The lowest BCUT2D eigenvalue weighted by atomic mass is 9.59. The van der Waals surface area contributed by atoms with Crippen LogP contribution < -0.4 is 4.57 Å². The van der Waals surface area contributed by atoms with Gasteiger partial charge in [0.2, 0.25) is 11.6 Å². The molecule has 3 aliphatic rings. The molecule has 0 N–H and O–H groups in total. The van der Waals surface area contributed by atoms with Crippen LogP contribution in [0.5, 0.6) is 0 Å². The van der Waals surface area contributed by atoms with Gasteiger partial charge in [0.1, 0.15) is 12.6 Å². The predicted octanol–water partition coefficient (Wildman–Crippen LogP) is 8.58. The third-order valence-corrected chi connectivity index (χ3v) is 9.13. The Morgan fingerprint density at radius 1 is 0.707 bits per heavy atom. The molecule has 2 aromatic heterocycles. The summed E-state index contributed by atoms with van der Waals surface area (Å²) in [6.45, 7) is 8.77. The van der Waals surface area contributed by atoms with Gasteiger partial charge in [0.15, 0.2) is 11.8 Å². The number of fused-ring (bicyclic) bond motifs is 1. The Hall–Kier alpha value is -4.50. The average molecular weight is 534 g/mol. The molecular formula is C38H33N2O+. The molecule has 2 heterocycles. The van der Waals surface area contributed by atoms with Crippen molar-refractivity contribution >= 4 is 11.1 Å². The molecule has 0 fully saturated rings. The van der Waals surface area contributed by atoms with Crippen LogP contribution in [0.4, 0.5) is 0 Å². The third kappa shape index (κ3) is 3.38. The zero-order chi connectivity index (χ0) is 28.0. The number of aromatic nitrogens is 2. The largest absolute Gasteiger partial charge is 0.440 e. The van der Waals surface area contributed by atoms with Crippen molar-refractivity contribution in [3.8, 4) is 22.4 Å². The first-order chi connectivity index (χ1) is 19.8. The Morgan fingerprint density at radius 3 is 1.85 bits per heavy atom. The van der Waals surface area contributed by atoms with Gasteiger partial charge in [0.05, 0.1) is 5.56 Å². The Kier molecular flexibility index (Phi) is 5.04. The molecule has 9 rings (SSSR count). The predicted molar refractivity (Wildman–Crippen MR) is 164 cm³/mol. The fraction of sp³-hybridized carbons (Fsp3) is 0.211. The third-order valence-electron chi connectivity index (χ3n) is 9.13. The van der Waals surface area contributed by atoms with Gasteiger partial charge < -0.3 is 4.42 Å². The zero-order valence-corrected chi connectivity index (χ0v) is 24.2. The van der Waals surface area contributed by atoms with Crippen LogP contribution in [0.3, 0.4) is 0 Å². The van der Waals surface area contributed by atoms with Gasteiger partial charge >= 0.3 is 0 Å². The Morgan fingerprint density at radius 2 is 1.27 bits per heavy atom. The second kappa shape index (κ2) is 8.50. The summed E-state index contributed by atoms with van der Waals surface area (Å²) in [6.07, 6.45) is 2.19. The summed E-state index contributed by atoms with van der Waals surface area (Å²) in [5, 5.41) is 0. The summed E-state index contributed by atoms with van der Waals surface area (Å²) < 4.78 is 8.98. The van der Waals surface area contributed by atoms with E-state index in [-0.39, 0.29) is 17.3 Å². The maximum atomic E-state index is 6.71. The van der Waals surface area contributed by atoms with Crippen molar-refractivity contribution in [2.24, 2.45) is 7.05 Å². The van der Waals surface area contributed by atoms with Crippen LogP contribution in [-0.2, 0) is 12.5 Å². The van der Waals surface area contributed by atoms with Gasteiger partial charge in [-0.3, -0.25) is 0 Å². The van der Waals surface area contributed by atoms with E-state index in [4.69, 9.17) is 9.40 Å². The number of benzene rings is 4. The molecule has 0 saturated carbocycles. The number of rotatable bonds is 2. The van der Waals surface area contributed by atoms with Crippen LogP contribution in [0.2, 0.25) is 0 Å². The van der Waals surface area contributed by atoms with Crippen molar-refractivity contribution in [2.75, 3.05) is 0 Å². The molecule has 0 unspecified atom stereocenters. The molecule has 41 heavy (non-hydrogen) atoms. The fourth-order valence-electron chi connectivity index (χ4n) is 7.24. The molecular weight excluding hydrogens is 500 g/mol. The average Bonchev–Trinajstić information content (AvgIpc) is 3.45. The molecule has 0 atom stereocenters. The topological polar surface area (TPSA) is 29.9 Å². The monoisotopic (exact) mass is 533 g/mol. The lowest BCUT2D eigenvalue weighted by Crippen LogP contribution is -2.33. The summed E-state index contributed by atoms with van der Waals surface area (Å²) in [7, 11) is 2.16. The quantitative estimate of drug-likeness (QED) is 0.208.